The predicted molar refractivity (Wildman–Crippen MR) is 59.6 cm³/mol. The number of rotatable bonds is 2. The summed E-state index contributed by atoms with van der Waals surface area (Å²) < 4.78 is 0. The number of allylic oxidation sites excluding steroid dienone is 8. The lowest BCUT2D eigenvalue weighted by Crippen LogP contribution is -2.08. The van der Waals surface area contributed by atoms with Gasteiger partial charge in [-0.05, 0) is 0 Å². The van der Waals surface area contributed by atoms with Crippen LogP contribution in [0.15, 0.2) is 42.5 Å². The minimum Gasteiger partial charge on any atom is -0.291 e. The number of nitrogens with zero attached hydrogens (tertiary/aromatic N) is 2. The molecule has 0 amide bonds. The number of hydrogen-bond acceptors (Lipinski definition) is 4. The standard InChI is InChI=1S/C10H11N5/c11-13-10-12-9(14-15-10)8-6-4-2-1-3-5-7-8/h1-7H,11H2,(H2,12,13,14,15). The fraction of sp³-hybridized carbons (Fsp3) is 0. The molecule has 0 aliphatic heterocycles. The van der Waals surface area contributed by atoms with E-state index in [1.54, 1.807) is 0 Å². The highest BCUT2D eigenvalue weighted by atomic mass is 15.4. The van der Waals surface area contributed by atoms with Crippen molar-refractivity contribution in [2.45, 2.75) is 0 Å². The normalized spacial score (nSPS) is 14.6. The van der Waals surface area contributed by atoms with Gasteiger partial charge < -0.3 is 0 Å². The fourth-order valence-electron chi connectivity index (χ4n) is 1.18. The molecule has 1 aromatic heterocycles. The Morgan fingerprint density at radius 3 is 2.73 bits per heavy atom. The Hall–Kier alpha value is -2.14. The summed E-state index contributed by atoms with van der Waals surface area (Å²) in [5, 5.41) is 6.67. The van der Waals surface area contributed by atoms with E-state index in [2.05, 4.69) is 20.6 Å². The van der Waals surface area contributed by atoms with Crippen LogP contribution in [-0.4, -0.2) is 15.2 Å². The SMILES string of the molecule is NNc1n[nH]c(C2=CC=CC=CC=C2)n1. The molecule has 1 aliphatic rings. The molecule has 0 unspecified atom stereocenters. The summed E-state index contributed by atoms with van der Waals surface area (Å²) in [4.78, 5) is 4.14. The zero-order valence-corrected chi connectivity index (χ0v) is 8.01. The van der Waals surface area contributed by atoms with Crippen LogP contribution >= 0.6 is 0 Å². The quantitative estimate of drug-likeness (QED) is 0.495. The van der Waals surface area contributed by atoms with Gasteiger partial charge >= 0.3 is 0 Å². The van der Waals surface area contributed by atoms with E-state index in [1.165, 1.54) is 0 Å². The molecule has 4 N–H and O–H groups in total. The highest BCUT2D eigenvalue weighted by Gasteiger charge is 2.03. The van der Waals surface area contributed by atoms with Gasteiger partial charge in [0.2, 0.25) is 0 Å². The number of nitrogens with one attached hydrogen (secondary N) is 2. The van der Waals surface area contributed by atoms with E-state index < -0.39 is 0 Å². The van der Waals surface area contributed by atoms with E-state index in [1.807, 2.05) is 42.5 Å². The van der Waals surface area contributed by atoms with Gasteiger partial charge in [0, 0.05) is 5.57 Å². The molecule has 0 saturated heterocycles. The summed E-state index contributed by atoms with van der Waals surface area (Å²) >= 11 is 0. The molecule has 0 radical (unpaired) electrons. The van der Waals surface area contributed by atoms with Crippen LogP contribution in [0.3, 0.4) is 0 Å². The molecule has 76 valence electrons. The van der Waals surface area contributed by atoms with Crippen LogP contribution in [0.25, 0.3) is 5.57 Å². The van der Waals surface area contributed by atoms with Gasteiger partial charge in [-0.15, -0.1) is 5.10 Å². The molecule has 15 heavy (non-hydrogen) atoms. The second-order valence-electron chi connectivity index (χ2n) is 2.90. The van der Waals surface area contributed by atoms with Crippen LogP contribution in [-0.2, 0) is 0 Å². The number of H-pyrrole nitrogens is 1. The molecule has 1 aromatic rings. The molecule has 5 heteroatoms. The molecule has 0 atom stereocenters. The molecule has 0 saturated carbocycles. The zero-order valence-electron chi connectivity index (χ0n) is 8.01. The van der Waals surface area contributed by atoms with Gasteiger partial charge in [-0.25, -0.2) is 5.84 Å². The van der Waals surface area contributed by atoms with Gasteiger partial charge in [0.05, 0.1) is 0 Å². The van der Waals surface area contributed by atoms with Gasteiger partial charge in [0.25, 0.3) is 5.95 Å². The number of hydrazine groups is 1. The molecule has 0 fully saturated rings. The lowest BCUT2D eigenvalue weighted by Gasteiger charge is -1.95. The van der Waals surface area contributed by atoms with Gasteiger partial charge in [-0.2, -0.15) is 4.98 Å². The van der Waals surface area contributed by atoms with E-state index in [-0.39, 0.29) is 0 Å². The van der Waals surface area contributed by atoms with Crippen molar-refractivity contribution in [2.24, 2.45) is 5.84 Å². The Morgan fingerprint density at radius 1 is 1.13 bits per heavy atom. The first-order valence-electron chi connectivity index (χ1n) is 4.51. The molecule has 0 aromatic carbocycles. The van der Waals surface area contributed by atoms with E-state index in [0.717, 1.165) is 5.57 Å². The number of nitrogen functional groups attached to an aromatic ring is 1. The van der Waals surface area contributed by atoms with E-state index >= 15 is 0 Å². The number of nitrogens with two attached hydrogens (primary N) is 1. The van der Waals surface area contributed by atoms with E-state index in [0.29, 0.717) is 11.8 Å². The molecule has 1 heterocycles. The molecule has 0 spiro atoms. The lowest BCUT2D eigenvalue weighted by atomic mass is 10.2. The largest absolute Gasteiger partial charge is 0.291 e. The van der Waals surface area contributed by atoms with Crippen LogP contribution in [0.1, 0.15) is 5.82 Å². The Morgan fingerprint density at radius 2 is 1.93 bits per heavy atom. The topological polar surface area (TPSA) is 79.6 Å². The highest BCUT2D eigenvalue weighted by Crippen LogP contribution is 2.13. The highest BCUT2D eigenvalue weighted by molar-refractivity contribution is 5.72. The predicted octanol–water partition coefficient (Wildman–Crippen LogP) is 1.16. The first-order valence-corrected chi connectivity index (χ1v) is 4.51. The van der Waals surface area contributed by atoms with Crippen LogP contribution in [0.5, 0.6) is 0 Å². The van der Waals surface area contributed by atoms with E-state index in [4.69, 9.17) is 5.84 Å². The lowest BCUT2D eigenvalue weighted by molar-refractivity contribution is 1.06. The molecular formula is C10H11N5. The van der Waals surface area contributed by atoms with E-state index in [9.17, 15) is 0 Å². The Balaban J connectivity index is 2.29. The average Bonchev–Trinajstić information content (AvgIpc) is 2.65. The summed E-state index contributed by atoms with van der Waals surface area (Å²) in [6.45, 7) is 0. The van der Waals surface area contributed by atoms with Crippen molar-refractivity contribution in [1.82, 2.24) is 15.2 Å². The van der Waals surface area contributed by atoms with Gasteiger partial charge in [0.15, 0.2) is 5.82 Å². The average molecular weight is 201 g/mol. The van der Waals surface area contributed by atoms with Crippen molar-refractivity contribution < 1.29 is 0 Å². The zero-order chi connectivity index (χ0) is 10.5. The third-order valence-electron chi connectivity index (χ3n) is 1.88. The second kappa shape index (κ2) is 4.39. The van der Waals surface area contributed by atoms with Crippen molar-refractivity contribution in [3.63, 3.8) is 0 Å². The maximum absolute atomic E-state index is 5.19. The summed E-state index contributed by atoms with van der Waals surface area (Å²) in [7, 11) is 0. The van der Waals surface area contributed by atoms with Crippen LogP contribution in [0.4, 0.5) is 5.95 Å². The first kappa shape index (κ1) is 9.42. The first-order chi connectivity index (χ1) is 7.40. The van der Waals surface area contributed by atoms with Gasteiger partial charge in [-0.1, -0.05) is 42.5 Å². The third-order valence-corrected chi connectivity index (χ3v) is 1.88. The molecule has 2 rings (SSSR count). The smallest absolute Gasteiger partial charge is 0.256 e. The van der Waals surface area contributed by atoms with Crippen molar-refractivity contribution in [1.29, 1.82) is 0 Å². The minimum absolute atomic E-state index is 0.376. The number of aromatic nitrogens is 3. The maximum Gasteiger partial charge on any atom is 0.256 e. The molecular weight excluding hydrogens is 190 g/mol. The number of hydrogen-bond donors (Lipinski definition) is 3. The molecule has 0 bridgehead atoms. The summed E-state index contributed by atoms with van der Waals surface area (Å²) in [6.07, 6.45) is 13.6. The Labute approximate surface area is 87.1 Å². The third kappa shape index (κ3) is 2.21. The van der Waals surface area contributed by atoms with Gasteiger partial charge in [-0.3, -0.25) is 10.5 Å². The number of anilines is 1. The van der Waals surface area contributed by atoms with Crippen LogP contribution in [0, 0.1) is 0 Å². The van der Waals surface area contributed by atoms with Crippen molar-refractivity contribution in [3.8, 4) is 0 Å². The Kier molecular flexibility index (Phi) is 2.75. The Bertz CT molecular complexity index is 450. The second-order valence-corrected chi connectivity index (χ2v) is 2.90. The minimum atomic E-state index is 0.376. The maximum atomic E-state index is 5.19. The molecule has 5 nitrogen and oxygen atoms in total. The molecule has 1 aliphatic carbocycles. The van der Waals surface area contributed by atoms with Crippen molar-refractivity contribution in [3.05, 3.63) is 48.4 Å². The van der Waals surface area contributed by atoms with Gasteiger partial charge in [0.1, 0.15) is 0 Å². The summed E-state index contributed by atoms with van der Waals surface area (Å²) in [5.74, 6) is 6.25. The number of aromatic amines is 1. The van der Waals surface area contributed by atoms with Crippen LogP contribution in [0.2, 0.25) is 0 Å². The summed E-state index contributed by atoms with van der Waals surface area (Å²) in [5.41, 5.74) is 3.33. The van der Waals surface area contributed by atoms with Crippen LogP contribution < -0.4 is 11.3 Å². The summed E-state index contributed by atoms with van der Waals surface area (Å²) in [6, 6.07) is 0. The van der Waals surface area contributed by atoms with Crippen molar-refractivity contribution >= 4 is 11.5 Å². The monoisotopic (exact) mass is 201 g/mol. The van der Waals surface area contributed by atoms with Crippen molar-refractivity contribution in [2.75, 3.05) is 5.43 Å². The fourth-order valence-corrected chi connectivity index (χ4v) is 1.18.